The van der Waals surface area contributed by atoms with Gasteiger partial charge < -0.3 is 19.7 Å². The lowest BCUT2D eigenvalue weighted by molar-refractivity contribution is -0.120. The highest BCUT2D eigenvalue weighted by Crippen LogP contribution is 2.55. The van der Waals surface area contributed by atoms with Gasteiger partial charge in [0.05, 0.1) is 12.1 Å². The summed E-state index contributed by atoms with van der Waals surface area (Å²) in [7, 11) is 1.51. The van der Waals surface area contributed by atoms with Gasteiger partial charge in [-0.3, -0.25) is 14.4 Å². The van der Waals surface area contributed by atoms with E-state index in [2.05, 4.69) is 44.8 Å². The summed E-state index contributed by atoms with van der Waals surface area (Å²) in [6, 6.07) is 9.40. The van der Waals surface area contributed by atoms with Gasteiger partial charge in [0.25, 0.3) is 5.91 Å². The highest BCUT2D eigenvalue weighted by Gasteiger charge is 2.48. The van der Waals surface area contributed by atoms with Crippen LogP contribution in [0.5, 0.6) is 11.5 Å². The maximum absolute atomic E-state index is 13.9. The molecule has 3 aliphatic rings. The van der Waals surface area contributed by atoms with Crippen molar-refractivity contribution in [1.82, 2.24) is 4.90 Å². The number of aryl methyl sites for hydroxylation is 2. The molecule has 1 aliphatic heterocycles. The van der Waals surface area contributed by atoms with E-state index in [1.807, 2.05) is 32.0 Å². The van der Waals surface area contributed by atoms with Crippen molar-refractivity contribution in [2.24, 2.45) is 10.8 Å². The number of benzene rings is 2. The number of amides is 1. The second-order valence-electron chi connectivity index (χ2n) is 14.0. The summed E-state index contributed by atoms with van der Waals surface area (Å²) in [5.41, 5.74) is 6.39. The number of ether oxygens (including phenoxy) is 2. The largest absolute Gasteiger partial charge is 0.493 e. The fourth-order valence-corrected chi connectivity index (χ4v) is 7.28. The molecule has 5 rings (SSSR count). The van der Waals surface area contributed by atoms with Gasteiger partial charge in [-0.25, -0.2) is 0 Å². The first-order chi connectivity index (χ1) is 20.6. The molecule has 1 N–H and O–H groups in total. The summed E-state index contributed by atoms with van der Waals surface area (Å²) in [4.78, 5) is 42.9. The number of carbonyl (C=O) groups excluding carboxylic acids is 3. The van der Waals surface area contributed by atoms with E-state index in [4.69, 9.17) is 21.1 Å². The molecule has 8 heteroatoms. The first-order valence-electron chi connectivity index (χ1n) is 15.3. The van der Waals surface area contributed by atoms with Crippen molar-refractivity contribution in [2.45, 2.75) is 80.1 Å². The number of anilines is 1. The average molecular weight is 619 g/mol. The summed E-state index contributed by atoms with van der Waals surface area (Å²) in [6.07, 6.45) is 2.30. The Hall–Kier alpha value is -3.58. The monoisotopic (exact) mass is 618 g/mol. The Balaban J connectivity index is 1.54. The number of nitrogens with one attached hydrogen (secondary N) is 1. The fourth-order valence-electron chi connectivity index (χ4n) is 7.00. The number of allylic oxidation sites excluding steroid dienone is 4. The third kappa shape index (κ3) is 6.03. The van der Waals surface area contributed by atoms with E-state index in [0.29, 0.717) is 41.8 Å². The Morgan fingerprint density at radius 1 is 0.955 bits per heavy atom. The molecule has 0 saturated heterocycles. The van der Waals surface area contributed by atoms with Crippen LogP contribution >= 0.6 is 11.6 Å². The normalized spacial score (nSPS) is 19.5. The number of halogens is 1. The summed E-state index contributed by atoms with van der Waals surface area (Å²) in [5, 5.41) is 3.14. The molecule has 7 nitrogen and oxygen atoms in total. The van der Waals surface area contributed by atoms with Crippen LogP contribution in [0.25, 0.3) is 0 Å². The van der Waals surface area contributed by atoms with Gasteiger partial charge in [0.15, 0.2) is 29.7 Å². The van der Waals surface area contributed by atoms with E-state index in [1.54, 1.807) is 12.1 Å². The Morgan fingerprint density at radius 3 is 2.09 bits per heavy atom. The first-order valence-corrected chi connectivity index (χ1v) is 15.7. The molecule has 0 saturated carbocycles. The van der Waals surface area contributed by atoms with Crippen molar-refractivity contribution in [3.8, 4) is 11.5 Å². The van der Waals surface area contributed by atoms with Crippen LogP contribution in [-0.4, -0.2) is 42.6 Å². The van der Waals surface area contributed by atoms with Gasteiger partial charge in [0, 0.05) is 53.5 Å². The molecule has 1 amide bonds. The number of nitrogens with zero attached hydrogens (tertiary/aromatic N) is 1. The third-order valence-corrected chi connectivity index (χ3v) is 9.22. The second kappa shape index (κ2) is 11.7. The van der Waals surface area contributed by atoms with Crippen LogP contribution in [0.4, 0.5) is 5.69 Å². The molecule has 0 aromatic heterocycles. The van der Waals surface area contributed by atoms with E-state index in [-0.39, 0.29) is 45.7 Å². The molecule has 234 valence electrons. The first kappa shape index (κ1) is 31.8. The number of Topliss-reactive ketones (excluding diaryl/α,β-unsaturated/α-hetero) is 2. The summed E-state index contributed by atoms with van der Waals surface area (Å²) < 4.78 is 11.6. The molecule has 0 bridgehead atoms. The van der Waals surface area contributed by atoms with Crippen LogP contribution in [0.1, 0.15) is 82.9 Å². The van der Waals surface area contributed by atoms with Gasteiger partial charge in [0.1, 0.15) is 0 Å². The van der Waals surface area contributed by atoms with Crippen molar-refractivity contribution >= 4 is 34.8 Å². The molecule has 2 aromatic carbocycles. The van der Waals surface area contributed by atoms with Crippen molar-refractivity contribution in [2.75, 3.05) is 25.6 Å². The summed E-state index contributed by atoms with van der Waals surface area (Å²) in [6.45, 7) is 14.9. The fraction of sp³-hybridized carbons (Fsp3) is 0.472. The molecule has 0 atom stereocenters. The number of methoxy groups -OCH3 is 1. The molecule has 0 unspecified atom stereocenters. The second-order valence-corrected chi connectivity index (χ2v) is 14.4. The minimum absolute atomic E-state index is 0.0578. The smallest absolute Gasteiger partial charge is 0.262 e. The van der Waals surface area contributed by atoms with Crippen LogP contribution in [-0.2, 0) is 14.4 Å². The lowest BCUT2D eigenvalue weighted by atomic mass is 9.63. The molecule has 2 aliphatic carbocycles. The molecule has 0 spiro atoms. The number of hydrogen-bond donors (Lipinski definition) is 1. The minimum Gasteiger partial charge on any atom is -0.493 e. The van der Waals surface area contributed by atoms with Gasteiger partial charge in [-0.05, 0) is 79.3 Å². The maximum atomic E-state index is 13.9. The van der Waals surface area contributed by atoms with E-state index in [1.165, 1.54) is 7.11 Å². The van der Waals surface area contributed by atoms with E-state index < -0.39 is 5.92 Å². The van der Waals surface area contributed by atoms with Gasteiger partial charge in [0.2, 0.25) is 0 Å². The Morgan fingerprint density at radius 2 is 1.55 bits per heavy atom. The van der Waals surface area contributed by atoms with Gasteiger partial charge in [-0.2, -0.15) is 0 Å². The number of carbonyl (C=O) groups is 3. The zero-order valence-corrected chi connectivity index (χ0v) is 27.8. The van der Waals surface area contributed by atoms with Gasteiger partial charge in [-0.1, -0.05) is 51.4 Å². The van der Waals surface area contributed by atoms with Crippen molar-refractivity contribution in [3.05, 3.63) is 74.6 Å². The predicted octanol–water partition coefficient (Wildman–Crippen LogP) is 7.69. The Labute approximate surface area is 265 Å². The predicted molar refractivity (Wildman–Crippen MR) is 173 cm³/mol. The van der Waals surface area contributed by atoms with Gasteiger partial charge in [-0.15, -0.1) is 0 Å². The van der Waals surface area contributed by atoms with E-state index in [0.717, 1.165) is 41.1 Å². The number of hydrogen-bond acceptors (Lipinski definition) is 6. The third-order valence-electron chi connectivity index (χ3n) is 8.94. The average Bonchev–Trinajstić information content (AvgIpc) is 2.91. The summed E-state index contributed by atoms with van der Waals surface area (Å²) >= 11 is 6.84. The number of rotatable bonds is 7. The summed E-state index contributed by atoms with van der Waals surface area (Å²) in [5.74, 6) is -0.201. The molecular formula is C36H43ClN2O5. The zero-order valence-electron chi connectivity index (χ0n) is 27.1. The molecule has 1 heterocycles. The Bertz CT molecular complexity index is 1560. The van der Waals surface area contributed by atoms with Gasteiger partial charge >= 0.3 is 0 Å². The maximum Gasteiger partial charge on any atom is 0.262 e. The lowest BCUT2D eigenvalue weighted by Crippen LogP contribution is -2.44. The van der Waals surface area contributed by atoms with Crippen LogP contribution in [0.3, 0.4) is 0 Å². The minimum atomic E-state index is -0.553. The standard InChI is InChI=1S/C36H43ClN2O5/c1-9-39-25-15-35(4,5)17-27(40)32(25)31(33-26(39)16-36(6,7)18-28(33)41)22-13-23(37)34(29(14-22)43-8)44-19-30(42)38-24-12-20(2)10-11-21(24)3/h10-14,31H,9,15-19H2,1-8H3,(H,38,42). The topological polar surface area (TPSA) is 84.9 Å². The molecule has 0 fully saturated rings. The van der Waals surface area contributed by atoms with Crippen molar-refractivity contribution in [3.63, 3.8) is 0 Å². The molecule has 44 heavy (non-hydrogen) atoms. The highest BCUT2D eigenvalue weighted by atomic mass is 35.5. The van der Waals surface area contributed by atoms with Crippen LogP contribution in [0, 0.1) is 24.7 Å². The quantitative estimate of drug-likeness (QED) is 0.342. The Kier molecular flexibility index (Phi) is 8.49. The SMILES string of the molecule is CCN1C2=C(C(=O)CC(C)(C)C2)C(c2cc(Cl)c(OCC(=O)Nc3cc(C)ccc3C)c(OC)c2)C2=C1CC(C)(C)CC2=O. The number of ketones is 2. The molecular weight excluding hydrogens is 576 g/mol. The van der Waals surface area contributed by atoms with Crippen LogP contribution < -0.4 is 14.8 Å². The van der Waals surface area contributed by atoms with Crippen molar-refractivity contribution in [1.29, 1.82) is 0 Å². The van der Waals surface area contributed by atoms with Crippen LogP contribution in [0.2, 0.25) is 5.02 Å². The molecule has 2 aromatic rings. The molecule has 0 radical (unpaired) electrons. The highest BCUT2D eigenvalue weighted by molar-refractivity contribution is 6.32. The van der Waals surface area contributed by atoms with E-state index >= 15 is 0 Å². The van der Waals surface area contributed by atoms with E-state index in [9.17, 15) is 14.4 Å². The van der Waals surface area contributed by atoms with Crippen molar-refractivity contribution < 1.29 is 23.9 Å². The zero-order chi connectivity index (χ0) is 32.1. The van der Waals surface area contributed by atoms with Crippen LogP contribution in [0.15, 0.2) is 52.9 Å². The lowest BCUT2D eigenvalue weighted by Gasteiger charge is -2.49.